The number of halogens is 2. The van der Waals surface area contributed by atoms with Crippen molar-refractivity contribution >= 4 is 34.9 Å². The van der Waals surface area contributed by atoms with Gasteiger partial charge in [-0.25, -0.2) is 0 Å². The molecule has 0 bridgehead atoms. The minimum absolute atomic E-state index is 0.106. The fourth-order valence-electron chi connectivity index (χ4n) is 6.75. The molecular weight excluding hydrogens is 528 g/mol. The van der Waals surface area contributed by atoms with Gasteiger partial charge in [0.25, 0.3) is 0 Å². The van der Waals surface area contributed by atoms with Crippen molar-refractivity contribution in [2.75, 3.05) is 0 Å². The summed E-state index contributed by atoms with van der Waals surface area (Å²) >= 11 is -0.106. The summed E-state index contributed by atoms with van der Waals surface area (Å²) in [5.74, 6) is 0. The second-order valence-electron chi connectivity index (χ2n) is 14.3. The second-order valence-corrected chi connectivity index (χ2v) is 27.2. The first-order valence-electron chi connectivity index (χ1n) is 10.7. The van der Waals surface area contributed by atoms with Crippen LogP contribution in [0.5, 0.6) is 0 Å². The topological polar surface area (TPSA) is 0 Å². The zero-order valence-corrected chi connectivity index (χ0v) is 28.1. The standard InChI is InChI=1S/2C12H27P.2ClH.Pd/c2*1-10(2,3)13(11(4,5)6)12(7,8)9;;;/h2*1-9H3;2*1H;/q;;;;+2. The van der Waals surface area contributed by atoms with Crippen LogP contribution in [0.25, 0.3) is 0 Å². The van der Waals surface area contributed by atoms with Gasteiger partial charge < -0.3 is 0 Å². The first-order chi connectivity index (χ1) is 12.1. The van der Waals surface area contributed by atoms with E-state index in [1.165, 1.54) is 0 Å². The summed E-state index contributed by atoms with van der Waals surface area (Å²) in [6.07, 6.45) is 0. The SMILES string of the molecule is CC(C)(C)[PH+](C(C)(C)C)C(C)(C)C.CC(C)(C)[PH+](C(C)(C)C)C(C)(C)C.[Cl][Pd][Cl]. The van der Waals surface area contributed by atoms with E-state index in [4.69, 9.17) is 19.1 Å². The molecule has 5 heteroatoms. The molecule has 0 aromatic rings. The molecule has 0 fully saturated rings. The van der Waals surface area contributed by atoms with Crippen molar-refractivity contribution in [2.24, 2.45) is 0 Å². The average molecular weight is 584 g/mol. The van der Waals surface area contributed by atoms with Crippen molar-refractivity contribution < 1.29 is 15.9 Å². The molecule has 0 nitrogen and oxygen atoms in total. The van der Waals surface area contributed by atoms with Crippen LogP contribution in [-0.2, 0) is 15.9 Å². The molecule has 0 unspecified atom stereocenters. The maximum atomic E-state index is 4.81. The third-order valence-corrected chi connectivity index (χ3v) is 13.5. The van der Waals surface area contributed by atoms with E-state index in [9.17, 15) is 0 Å². The van der Waals surface area contributed by atoms with Crippen LogP contribution < -0.4 is 0 Å². The summed E-state index contributed by atoms with van der Waals surface area (Å²) in [7, 11) is 8.85. The first-order valence-corrected chi connectivity index (χ1v) is 17.7. The average Bonchev–Trinajstić information content (AvgIpc) is 2.14. The van der Waals surface area contributed by atoms with Crippen molar-refractivity contribution in [3.63, 3.8) is 0 Å². The number of hydrogen-bond donors (Lipinski definition) is 0. The molecule has 0 saturated heterocycles. The molecule has 0 aromatic heterocycles. The van der Waals surface area contributed by atoms with Gasteiger partial charge in [0.15, 0.2) is 0 Å². The molecule has 0 saturated carbocycles. The van der Waals surface area contributed by atoms with Gasteiger partial charge in [-0.15, -0.1) is 0 Å². The fourth-order valence-corrected chi connectivity index (χ4v) is 20.2. The van der Waals surface area contributed by atoms with Gasteiger partial charge in [0.05, 0.1) is 30.9 Å². The first kappa shape index (κ1) is 35.7. The summed E-state index contributed by atoms with van der Waals surface area (Å²) in [6, 6.07) is 0. The Morgan fingerprint density at radius 2 is 0.414 bits per heavy atom. The van der Waals surface area contributed by atoms with Crippen LogP contribution in [0.2, 0.25) is 0 Å². The van der Waals surface area contributed by atoms with Gasteiger partial charge in [0.2, 0.25) is 0 Å². The fraction of sp³-hybridized carbons (Fsp3) is 1.00. The molecule has 0 radical (unpaired) electrons. The van der Waals surface area contributed by atoms with E-state index >= 15 is 0 Å². The predicted octanol–water partition coefficient (Wildman–Crippen LogP) is 10.6. The van der Waals surface area contributed by atoms with E-state index in [-0.39, 0.29) is 15.9 Å². The Hall–Kier alpha value is 2.10. The molecule has 0 N–H and O–H groups in total. The summed E-state index contributed by atoms with van der Waals surface area (Å²) in [4.78, 5) is 0. The van der Waals surface area contributed by atoms with Crippen LogP contribution in [-0.4, -0.2) is 30.9 Å². The van der Waals surface area contributed by atoms with Crippen LogP contribution in [0.4, 0.5) is 0 Å². The zero-order valence-electron chi connectivity index (χ0n) is 23.1. The molecule has 0 aliphatic heterocycles. The van der Waals surface area contributed by atoms with Crippen molar-refractivity contribution in [3.8, 4) is 0 Å². The van der Waals surface area contributed by atoms with E-state index < -0.39 is 15.8 Å². The van der Waals surface area contributed by atoms with Gasteiger partial charge in [0.1, 0.15) is 0 Å². The van der Waals surface area contributed by atoms with Gasteiger partial charge in [-0.1, -0.05) is 0 Å². The monoisotopic (exact) mass is 582 g/mol. The molecular formula is C24H56Cl2P2Pd+2. The van der Waals surface area contributed by atoms with Gasteiger partial charge in [0, 0.05) is 15.8 Å². The molecule has 0 aliphatic rings. The van der Waals surface area contributed by atoms with Crippen LogP contribution in [0.3, 0.4) is 0 Å². The molecule has 0 aromatic carbocycles. The zero-order chi connectivity index (χ0) is 24.9. The molecule has 0 heterocycles. The summed E-state index contributed by atoms with van der Waals surface area (Å²) in [5, 5.41) is 2.92. The van der Waals surface area contributed by atoms with Gasteiger partial charge in [-0.3, -0.25) is 0 Å². The third kappa shape index (κ3) is 16.4. The van der Waals surface area contributed by atoms with E-state index in [1.54, 1.807) is 0 Å². The van der Waals surface area contributed by atoms with Crippen molar-refractivity contribution in [2.45, 2.75) is 156 Å². The van der Waals surface area contributed by atoms with Crippen LogP contribution in [0.15, 0.2) is 0 Å². The Morgan fingerprint density at radius 3 is 0.414 bits per heavy atom. The molecule has 0 aliphatic carbocycles. The second kappa shape index (κ2) is 12.5. The quantitative estimate of drug-likeness (QED) is 0.197. The van der Waals surface area contributed by atoms with E-state index in [2.05, 4.69) is 125 Å². The molecule has 0 spiro atoms. The van der Waals surface area contributed by atoms with Crippen molar-refractivity contribution in [1.82, 2.24) is 0 Å². The predicted molar refractivity (Wildman–Crippen MR) is 147 cm³/mol. The van der Waals surface area contributed by atoms with Gasteiger partial charge >= 0.3 is 35.0 Å². The third-order valence-electron chi connectivity index (χ3n) is 4.50. The Kier molecular flexibility index (Phi) is 15.4. The van der Waals surface area contributed by atoms with E-state index in [0.717, 1.165) is 0 Å². The Balaban J connectivity index is -0.000000410. The molecule has 0 atom stereocenters. The van der Waals surface area contributed by atoms with E-state index in [1.807, 2.05) is 0 Å². The maximum absolute atomic E-state index is 4.81. The summed E-state index contributed by atoms with van der Waals surface area (Å²) in [6.45, 7) is 43.2. The normalized spacial score (nSPS) is 14.4. The summed E-state index contributed by atoms with van der Waals surface area (Å²) in [5.41, 5.74) is 0. The van der Waals surface area contributed by atoms with Crippen molar-refractivity contribution in [3.05, 3.63) is 0 Å². The van der Waals surface area contributed by atoms with E-state index in [0.29, 0.717) is 30.9 Å². The number of rotatable bonds is 0. The molecule has 29 heavy (non-hydrogen) atoms. The van der Waals surface area contributed by atoms with Gasteiger partial charge in [-0.05, 0) is 125 Å². The minimum atomic E-state index is -0.391. The summed E-state index contributed by atoms with van der Waals surface area (Å²) < 4.78 is 0. The Morgan fingerprint density at radius 1 is 0.345 bits per heavy atom. The van der Waals surface area contributed by atoms with Crippen LogP contribution in [0.1, 0.15) is 125 Å². The van der Waals surface area contributed by atoms with Crippen LogP contribution >= 0.6 is 34.9 Å². The molecule has 184 valence electrons. The van der Waals surface area contributed by atoms with Gasteiger partial charge in [-0.2, -0.15) is 0 Å². The molecule has 0 rings (SSSR count). The van der Waals surface area contributed by atoms with Crippen LogP contribution in [0, 0.1) is 0 Å². The Bertz CT molecular complexity index is 328. The number of hydrogen-bond acceptors (Lipinski definition) is 0. The van der Waals surface area contributed by atoms with Crippen molar-refractivity contribution in [1.29, 1.82) is 0 Å². The molecule has 0 amide bonds. The Labute approximate surface area is 205 Å².